The third kappa shape index (κ3) is 15.2. The minimum Gasteiger partial charge on any atom is -0.378 e. The van der Waals surface area contributed by atoms with Gasteiger partial charge in [0, 0.05) is 55.9 Å². The fourth-order valence-electron chi connectivity index (χ4n) is 3.68. The molecule has 0 heterocycles. The Kier molecular flexibility index (Phi) is 16.7. The van der Waals surface area contributed by atoms with Gasteiger partial charge in [0.25, 0.3) is 5.91 Å². The largest absolute Gasteiger partial charge is 0.378 e. The van der Waals surface area contributed by atoms with E-state index in [1.54, 1.807) is 24.6 Å². The van der Waals surface area contributed by atoms with Crippen molar-refractivity contribution >= 4 is 34.9 Å². The number of rotatable bonds is 14. The van der Waals surface area contributed by atoms with Crippen LogP contribution in [0.15, 0.2) is 78.4 Å². The van der Waals surface area contributed by atoms with Gasteiger partial charge in [-0.05, 0) is 56.2 Å². The van der Waals surface area contributed by atoms with Gasteiger partial charge in [-0.3, -0.25) is 29.6 Å². The average Bonchev–Trinajstić information content (AvgIpc) is 2.97. The Labute approximate surface area is 242 Å². The summed E-state index contributed by atoms with van der Waals surface area (Å²) in [6, 6.07) is 16.8. The van der Waals surface area contributed by atoms with Gasteiger partial charge in [-0.15, -0.1) is 0 Å². The number of Topliss-reactive ketones (excluding diaryl/α,β-unsaturated/α-hetero) is 1. The van der Waals surface area contributed by atoms with E-state index in [-0.39, 0.29) is 23.5 Å². The summed E-state index contributed by atoms with van der Waals surface area (Å²) in [5.41, 5.74) is 6.38. The van der Waals surface area contributed by atoms with Crippen LogP contribution in [0, 0.1) is 5.92 Å². The van der Waals surface area contributed by atoms with Crippen LogP contribution < -0.4 is 21.2 Å². The molecule has 0 aliphatic heterocycles. The lowest BCUT2D eigenvalue weighted by Gasteiger charge is -2.13. The maximum absolute atomic E-state index is 12.4. The van der Waals surface area contributed by atoms with Gasteiger partial charge >= 0.3 is 0 Å². The molecule has 2 aromatic rings. The number of benzene rings is 2. The number of nitrogens with zero attached hydrogens (tertiary/aromatic N) is 1. The van der Waals surface area contributed by atoms with Crippen LogP contribution in [0.5, 0.6) is 0 Å². The Morgan fingerprint density at radius 1 is 0.805 bits per heavy atom. The highest BCUT2D eigenvalue weighted by molar-refractivity contribution is 5.99. The molecule has 0 bridgehead atoms. The van der Waals surface area contributed by atoms with Gasteiger partial charge < -0.3 is 10.2 Å². The first-order chi connectivity index (χ1) is 19.6. The monoisotopic (exact) mass is 566 g/mol. The van der Waals surface area contributed by atoms with Crippen molar-refractivity contribution in [2.24, 2.45) is 5.92 Å². The molecule has 222 valence electrons. The average molecular weight is 567 g/mol. The molecular formula is C31H42N4O6. The summed E-state index contributed by atoms with van der Waals surface area (Å²) in [7, 11) is 3.89. The maximum Gasteiger partial charge on any atom is 0.267 e. The molecule has 10 heteroatoms. The molecule has 0 aliphatic carbocycles. The summed E-state index contributed by atoms with van der Waals surface area (Å²) in [6.07, 6.45) is 8.66. The molecule has 5 N–H and O–H groups in total. The lowest BCUT2D eigenvalue weighted by atomic mass is 9.97. The van der Waals surface area contributed by atoms with Gasteiger partial charge in [0.2, 0.25) is 11.8 Å². The Hall–Kier alpha value is -4.28. The summed E-state index contributed by atoms with van der Waals surface area (Å²) in [5, 5.41) is 19.5. The van der Waals surface area contributed by atoms with Crippen LogP contribution >= 0.6 is 0 Å². The minimum absolute atomic E-state index is 0.0132. The van der Waals surface area contributed by atoms with Crippen molar-refractivity contribution < 1.29 is 29.6 Å². The number of ketones is 1. The molecule has 0 saturated carbocycles. The van der Waals surface area contributed by atoms with Crippen molar-refractivity contribution in [1.82, 2.24) is 11.0 Å². The van der Waals surface area contributed by atoms with Gasteiger partial charge in [-0.25, -0.2) is 11.0 Å². The topological polar surface area (TPSA) is 148 Å². The maximum atomic E-state index is 12.4. The highest BCUT2D eigenvalue weighted by Gasteiger charge is 2.13. The van der Waals surface area contributed by atoms with Gasteiger partial charge in [0.15, 0.2) is 5.78 Å². The SMILES string of the molecule is CC(/C=C/C(=O)NO)=C\[C@@H](C)C(=O)c1ccc(N(C)C)cc1.O=C(CCCCCCC(=O)Nc1ccccc1)NO. The third-order valence-corrected chi connectivity index (χ3v) is 5.94. The zero-order valence-corrected chi connectivity index (χ0v) is 24.2. The summed E-state index contributed by atoms with van der Waals surface area (Å²) < 4.78 is 0. The highest BCUT2D eigenvalue weighted by Crippen LogP contribution is 2.17. The number of hydroxylamine groups is 2. The first kappa shape index (κ1) is 34.7. The molecule has 0 radical (unpaired) electrons. The number of amides is 3. The van der Waals surface area contributed by atoms with Gasteiger partial charge in [0.05, 0.1) is 0 Å². The summed E-state index contributed by atoms with van der Waals surface area (Å²) in [5.74, 6) is -1.23. The molecule has 41 heavy (non-hydrogen) atoms. The Morgan fingerprint density at radius 2 is 1.39 bits per heavy atom. The zero-order chi connectivity index (χ0) is 30.6. The number of allylic oxidation sites excluding steroid dienone is 3. The third-order valence-electron chi connectivity index (χ3n) is 5.94. The van der Waals surface area contributed by atoms with E-state index in [2.05, 4.69) is 5.32 Å². The predicted octanol–water partition coefficient (Wildman–Crippen LogP) is 5.05. The molecular weight excluding hydrogens is 524 g/mol. The molecule has 3 amide bonds. The first-order valence-electron chi connectivity index (χ1n) is 13.5. The van der Waals surface area contributed by atoms with Crippen molar-refractivity contribution in [2.75, 3.05) is 24.3 Å². The summed E-state index contributed by atoms with van der Waals surface area (Å²) in [4.78, 5) is 47.5. The van der Waals surface area contributed by atoms with Crippen LogP contribution in [-0.2, 0) is 14.4 Å². The quantitative estimate of drug-likeness (QED) is 0.0537. The summed E-state index contributed by atoms with van der Waals surface area (Å²) in [6.45, 7) is 3.60. The van der Waals surface area contributed by atoms with Crippen molar-refractivity contribution in [1.29, 1.82) is 0 Å². The van der Waals surface area contributed by atoms with Gasteiger partial charge in [0.1, 0.15) is 0 Å². The number of carbonyl (C=O) groups is 4. The van der Waals surface area contributed by atoms with Crippen LogP contribution in [-0.4, -0.2) is 48.0 Å². The lowest BCUT2D eigenvalue weighted by Crippen LogP contribution is -2.17. The van der Waals surface area contributed by atoms with Gasteiger partial charge in [-0.1, -0.05) is 55.7 Å². The van der Waals surface area contributed by atoms with Crippen LogP contribution in [0.25, 0.3) is 0 Å². The molecule has 2 rings (SSSR count). The number of carbonyl (C=O) groups excluding carboxylic acids is 4. The van der Waals surface area contributed by atoms with E-state index in [4.69, 9.17) is 10.4 Å². The second kappa shape index (κ2) is 19.7. The lowest BCUT2D eigenvalue weighted by molar-refractivity contribution is -0.129. The van der Waals surface area contributed by atoms with Crippen molar-refractivity contribution in [3.63, 3.8) is 0 Å². The van der Waals surface area contributed by atoms with Crippen molar-refractivity contribution in [3.8, 4) is 0 Å². The molecule has 2 aromatic carbocycles. The molecule has 1 atom stereocenters. The Bertz CT molecular complexity index is 1160. The van der Waals surface area contributed by atoms with E-state index in [0.29, 0.717) is 18.4 Å². The van der Waals surface area contributed by atoms with Crippen LogP contribution in [0.2, 0.25) is 0 Å². The number of hydrogen-bond donors (Lipinski definition) is 5. The van der Waals surface area contributed by atoms with E-state index in [1.807, 2.05) is 80.5 Å². The molecule has 0 spiro atoms. The highest BCUT2D eigenvalue weighted by atomic mass is 16.5. The number of anilines is 2. The van der Waals surface area contributed by atoms with Crippen LogP contribution in [0.3, 0.4) is 0 Å². The van der Waals surface area contributed by atoms with E-state index < -0.39 is 5.91 Å². The molecule has 0 aliphatic rings. The predicted molar refractivity (Wildman–Crippen MR) is 160 cm³/mol. The number of hydrogen-bond acceptors (Lipinski definition) is 7. The fraction of sp³-hybridized carbons (Fsp3) is 0.355. The smallest absolute Gasteiger partial charge is 0.267 e. The van der Waals surface area contributed by atoms with Crippen molar-refractivity contribution in [3.05, 3.63) is 84.0 Å². The van der Waals surface area contributed by atoms with Crippen LogP contribution in [0.4, 0.5) is 11.4 Å². The Balaban J connectivity index is 0.000000414. The van der Waals surface area contributed by atoms with Crippen LogP contribution in [0.1, 0.15) is 62.7 Å². The molecule has 0 unspecified atom stereocenters. The van der Waals surface area contributed by atoms with E-state index in [1.165, 1.54) is 11.6 Å². The van der Waals surface area contributed by atoms with E-state index in [0.717, 1.165) is 42.6 Å². The number of nitrogens with one attached hydrogen (secondary N) is 3. The molecule has 0 saturated heterocycles. The molecule has 0 aromatic heterocycles. The number of para-hydroxylation sites is 1. The molecule has 10 nitrogen and oxygen atoms in total. The second-order valence-corrected chi connectivity index (χ2v) is 9.68. The second-order valence-electron chi connectivity index (χ2n) is 9.68. The fourth-order valence-corrected chi connectivity index (χ4v) is 3.68. The Morgan fingerprint density at radius 3 is 1.93 bits per heavy atom. The first-order valence-corrected chi connectivity index (χ1v) is 13.5. The number of unbranched alkanes of at least 4 members (excludes halogenated alkanes) is 3. The molecule has 0 fully saturated rings. The summed E-state index contributed by atoms with van der Waals surface area (Å²) >= 11 is 0. The van der Waals surface area contributed by atoms with Crippen molar-refractivity contribution in [2.45, 2.75) is 52.4 Å². The van der Waals surface area contributed by atoms with Gasteiger partial charge in [-0.2, -0.15) is 0 Å². The van der Waals surface area contributed by atoms with E-state index in [9.17, 15) is 19.2 Å². The standard InChI is InChI=1S/C17H22N2O3.C14H20N2O3/c1-12(5-10-16(20)18-22)11-13(2)17(21)14-6-8-15(9-7-14)19(3)4;17-13(15-12-8-4-3-5-9-12)10-6-1-2-7-11-14(18)16-19/h5-11,13,22H,1-4H3,(H,18,20);3-5,8-9,19H,1-2,6-7,10-11H2,(H,15,17)(H,16,18)/b10-5+,12-11+;/t13-;/m1./s1. The van der Waals surface area contributed by atoms with E-state index >= 15 is 0 Å². The minimum atomic E-state index is -0.606. The normalized spacial score (nSPS) is 11.6. The zero-order valence-electron chi connectivity index (χ0n) is 24.2.